The molecule has 1 aliphatic heterocycles. The van der Waals surface area contributed by atoms with Crippen LogP contribution in [0, 0.1) is 11.7 Å². The van der Waals surface area contributed by atoms with Crippen LogP contribution in [0.1, 0.15) is 59.4 Å². The number of halogens is 1. The fourth-order valence-corrected chi connectivity index (χ4v) is 3.58. The van der Waals surface area contributed by atoms with E-state index in [-0.39, 0.29) is 11.2 Å². The van der Waals surface area contributed by atoms with Crippen LogP contribution in [0.15, 0.2) is 35.9 Å². The lowest BCUT2D eigenvalue weighted by Crippen LogP contribution is -2.43. The van der Waals surface area contributed by atoms with Crippen LogP contribution in [-0.4, -0.2) is 24.0 Å². The van der Waals surface area contributed by atoms with Crippen LogP contribution in [0.3, 0.4) is 0 Å². The Morgan fingerprint density at radius 1 is 1.22 bits per heavy atom. The SMILES string of the molecule is CC(C)=CC(CC(C)(C)c1ccc(F)cc1)N1CCC(C)CC1. The van der Waals surface area contributed by atoms with Crippen LogP contribution < -0.4 is 0 Å². The van der Waals surface area contributed by atoms with Gasteiger partial charge in [0.05, 0.1) is 0 Å². The lowest BCUT2D eigenvalue weighted by molar-refractivity contribution is 0.141. The molecule has 0 aliphatic carbocycles. The van der Waals surface area contributed by atoms with Crippen molar-refractivity contribution in [1.82, 2.24) is 4.90 Å². The van der Waals surface area contributed by atoms with Gasteiger partial charge in [0.25, 0.3) is 0 Å². The molecule has 1 aromatic rings. The van der Waals surface area contributed by atoms with E-state index in [0.29, 0.717) is 6.04 Å². The summed E-state index contributed by atoms with van der Waals surface area (Å²) in [4.78, 5) is 2.64. The van der Waals surface area contributed by atoms with Gasteiger partial charge in [-0.2, -0.15) is 0 Å². The molecule has 1 fully saturated rings. The molecule has 1 heterocycles. The molecule has 0 spiro atoms. The number of hydrogen-bond acceptors (Lipinski definition) is 1. The van der Waals surface area contributed by atoms with Crippen molar-refractivity contribution in [2.45, 2.75) is 65.3 Å². The summed E-state index contributed by atoms with van der Waals surface area (Å²) in [6.07, 6.45) is 6.08. The Bertz CT molecular complexity index is 517. The zero-order valence-corrected chi connectivity index (χ0v) is 15.4. The summed E-state index contributed by atoms with van der Waals surface area (Å²) in [6, 6.07) is 7.50. The highest BCUT2D eigenvalue weighted by Gasteiger charge is 2.29. The highest BCUT2D eigenvalue weighted by atomic mass is 19.1. The smallest absolute Gasteiger partial charge is 0.123 e. The lowest BCUT2D eigenvalue weighted by Gasteiger charge is -2.39. The Morgan fingerprint density at radius 3 is 2.30 bits per heavy atom. The van der Waals surface area contributed by atoms with E-state index in [1.165, 1.54) is 37.1 Å². The zero-order chi connectivity index (χ0) is 17.0. The fraction of sp³-hybridized carbons (Fsp3) is 0.619. The molecule has 0 N–H and O–H groups in total. The molecule has 23 heavy (non-hydrogen) atoms. The molecule has 0 aromatic heterocycles. The second kappa shape index (κ2) is 7.61. The van der Waals surface area contributed by atoms with Crippen molar-refractivity contribution in [3.05, 3.63) is 47.3 Å². The van der Waals surface area contributed by atoms with E-state index < -0.39 is 0 Å². The van der Waals surface area contributed by atoms with Gasteiger partial charge in [-0.15, -0.1) is 0 Å². The van der Waals surface area contributed by atoms with Crippen molar-refractivity contribution < 1.29 is 4.39 Å². The molecular formula is C21H32FN. The Hall–Kier alpha value is -1.15. The van der Waals surface area contributed by atoms with E-state index in [0.717, 1.165) is 12.3 Å². The summed E-state index contributed by atoms with van der Waals surface area (Å²) in [5, 5.41) is 0. The zero-order valence-electron chi connectivity index (χ0n) is 15.4. The summed E-state index contributed by atoms with van der Waals surface area (Å²) < 4.78 is 13.2. The summed E-state index contributed by atoms with van der Waals surface area (Å²) in [7, 11) is 0. The number of piperidine rings is 1. The second-order valence-corrected chi connectivity index (χ2v) is 8.12. The van der Waals surface area contributed by atoms with Gasteiger partial charge in [-0.25, -0.2) is 4.39 Å². The summed E-state index contributed by atoms with van der Waals surface area (Å²) in [5.74, 6) is 0.694. The molecule has 2 heteroatoms. The van der Waals surface area contributed by atoms with E-state index in [1.54, 1.807) is 12.1 Å². The molecular weight excluding hydrogens is 285 g/mol. The van der Waals surface area contributed by atoms with Crippen LogP contribution in [0.25, 0.3) is 0 Å². The predicted octanol–water partition coefficient (Wildman–Crippen LogP) is 5.56. The van der Waals surface area contributed by atoms with Gasteiger partial charge in [0.2, 0.25) is 0 Å². The number of hydrogen-bond donors (Lipinski definition) is 0. The average molecular weight is 317 g/mol. The first-order chi connectivity index (χ1) is 10.8. The minimum absolute atomic E-state index is 0.0351. The molecule has 0 saturated carbocycles. The Labute approximate surface area is 141 Å². The number of allylic oxidation sites excluding steroid dienone is 1. The van der Waals surface area contributed by atoms with Gasteiger partial charge < -0.3 is 0 Å². The number of rotatable bonds is 5. The number of nitrogens with zero attached hydrogens (tertiary/aromatic N) is 1. The molecule has 0 radical (unpaired) electrons. The van der Waals surface area contributed by atoms with Gasteiger partial charge in [-0.1, -0.05) is 44.6 Å². The van der Waals surface area contributed by atoms with Gasteiger partial charge in [-0.05, 0) is 75.2 Å². The van der Waals surface area contributed by atoms with Gasteiger partial charge in [-0.3, -0.25) is 4.90 Å². The first-order valence-electron chi connectivity index (χ1n) is 8.93. The monoisotopic (exact) mass is 317 g/mol. The quantitative estimate of drug-likeness (QED) is 0.643. The fourth-order valence-electron chi connectivity index (χ4n) is 3.58. The molecule has 1 aliphatic rings. The molecule has 0 bridgehead atoms. The molecule has 1 atom stereocenters. The molecule has 1 nitrogen and oxygen atoms in total. The maximum atomic E-state index is 13.2. The standard InChI is InChI=1S/C21H32FN/c1-16(2)14-20(23-12-10-17(3)11-13-23)15-21(4,5)18-6-8-19(22)9-7-18/h6-9,14,17,20H,10-13,15H2,1-5H3. The van der Waals surface area contributed by atoms with Crippen molar-refractivity contribution >= 4 is 0 Å². The van der Waals surface area contributed by atoms with E-state index >= 15 is 0 Å². The van der Waals surface area contributed by atoms with Crippen molar-refractivity contribution in [3.63, 3.8) is 0 Å². The Morgan fingerprint density at radius 2 is 1.78 bits per heavy atom. The summed E-state index contributed by atoms with van der Waals surface area (Å²) in [6.45, 7) is 13.7. The van der Waals surface area contributed by atoms with Gasteiger partial charge >= 0.3 is 0 Å². The second-order valence-electron chi connectivity index (χ2n) is 8.12. The Kier molecular flexibility index (Phi) is 6.02. The van der Waals surface area contributed by atoms with Crippen molar-refractivity contribution in [2.24, 2.45) is 5.92 Å². The summed E-state index contributed by atoms with van der Waals surface area (Å²) >= 11 is 0. The third kappa shape index (κ3) is 5.17. The van der Waals surface area contributed by atoms with Gasteiger partial charge in [0.15, 0.2) is 0 Å². The van der Waals surface area contributed by atoms with Crippen molar-refractivity contribution in [2.75, 3.05) is 13.1 Å². The Balaban J connectivity index is 2.16. The van der Waals surface area contributed by atoms with Crippen molar-refractivity contribution in [1.29, 1.82) is 0 Å². The predicted molar refractivity (Wildman–Crippen MR) is 97.2 cm³/mol. The minimum atomic E-state index is -0.157. The summed E-state index contributed by atoms with van der Waals surface area (Å²) in [5.41, 5.74) is 2.63. The van der Waals surface area contributed by atoms with E-state index in [4.69, 9.17) is 0 Å². The van der Waals surface area contributed by atoms with Crippen LogP contribution in [-0.2, 0) is 5.41 Å². The van der Waals surface area contributed by atoms with E-state index in [1.807, 2.05) is 12.1 Å². The average Bonchev–Trinajstić information content (AvgIpc) is 2.47. The molecule has 1 saturated heterocycles. The lowest BCUT2D eigenvalue weighted by atomic mass is 9.78. The van der Waals surface area contributed by atoms with Crippen LogP contribution in [0.5, 0.6) is 0 Å². The molecule has 1 aromatic carbocycles. The topological polar surface area (TPSA) is 3.24 Å². The molecule has 0 amide bonds. The first kappa shape index (κ1) is 18.2. The maximum absolute atomic E-state index is 13.2. The van der Waals surface area contributed by atoms with Gasteiger partial charge in [0.1, 0.15) is 5.82 Å². The van der Waals surface area contributed by atoms with Crippen LogP contribution in [0.2, 0.25) is 0 Å². The highest BCUT2D eigenvalue weighted by Crippen LogP contribution is 2.32. The van der Waals surface area contributed by atoms with Crippen molar-refractivity contribution in [3.8, 4) is 0 Å². The third-order valence-corrected chi connectivity index (χ3v) is 5.16. The van der Waals surface area contributed by atoms with Crippen LogP contribution in [0.4, 0.5) is 4.39 Å². The van der Waals surface area contributed by atoms with Crippen LogP contribution >= 0.6 is 0 Å². The maximum Gasteiger partial charge on any atom is 0.123 e. The molecule has 128 valence electrons. The largest absolute Gasteiger partial charge is 0.297 e. The highest BCUT2D eigenvalue weighted by molar-refractivity contribution is 5.25. The van der Waals surface area contributed by atoms with E-state index in [2.05, 4.69) is 45.6 Å². The minimum Gasteiger partial charge on any atom is -0.297 e. The third-order valence-electron chi connectivity index (χ3n) is 5.16. The van der Waals surface area contributed by atoms with Gasteiger partial charge in [0, 0.05) is 6.04 Å². The number of benzene rings is 1. The normalized spacial score (nSPS) is 18.7. The molecule has 1 unspecified atom stereocenters. The van der Waals surface area contributed by atoms with E-state index in [9.17, 15) is 4.39 Å². The number of likely N-dealkylation sites (tertiary alicyclic amines) is 1. The first-order valence-corrected chi connectivity index (χ1v) is 8.93. The molecule has 2 rings (SSSR count).